The Morgan fingerprint density at radius 3 is 2.46 bits per heavy atom. The van der Waals surface area contributed by atoms with Crippen LogP contribution in [0.5, 0.6) is 17.4 Å². The van der Waals surface area contributed by atoms with E-state index >= 15 is 0 Å². The smallest absolute Gasteiger partial charge is 0.315 e. The lowest BCUT2D eigenvalue weighted by atomic mass is 10.2. The number of urea groups is 1. The fourth-order valence-corrected chi connectivity index (χ4v) is 2.15. The molecule has 2 N–H and O–H groups in total. The van der Waals surface area contributed by atoms with Crippen LogP contribution in [0.1, 0.15) is 11.1 Å². The molecular formula is C17H21N3O4. The predicted molar refractivity (Wildman–Crippen MR) is 89.4 cm³/mol. The number of aromatic nitrogens is 1. The molecule has 1 heterocycles. The van der Waals surface area contributed by atoms with E-state index in [1.807, 2.05) is 18.2 Å². The number of nitrogens with zero attached hydrogens (tertiary/aromatic N) is 1. The molecule has 2 aromatic rings. The fourth-order valence-electron chi connectivity index (χ4n) is 2.15. The number of pyridine rings is 1. The summed E-state index contributed by atoms with van der Waals surface area (Å²) in [4.78, 5) is 16.0. The minimum Gasteiger partial charge on any atom is -0.493 e. The summed E-state index contributed by atoms with van der Waals surface area (Å²) in [6.45, 7) is 0.700. The van der Waals surface area contributed by atoms with E-state index in [2.05, 4.69) is 15.6 Å². The minimum absolute atomic E-state index is 0.282. The van der Waals surface area contributed by atoms with Gasteiger partial charge in [0.15, 0.2) is 11.5 Å². The van der Waals surface area contributed by atoms with Crippen LogP contribution in [0, 0.1) is 0 Å². The standard InChI is InChI=1S/C17H21N3O4/c1-22-14-7-6-12(9-15(14)23-2)10-19-17(21)20-11-13-5-4-8-18-16(13)24-3/h4-9H,10-11H2,1-3H3,(H2,19,20,21). The van der Waals surface area contributed by atoms with Gasteiger partial charge in [-0.3, -0.25) is 0 Å². The summed E-state index contributed by atoms with van der Waals surface area (Å²) in [5.74, 6) is 1.77. The monoisotopic (exact) mass is 331 g/mol. The number of hydrogen-bond donors (Lipinski definition) is 2. The summed E-state index contributed by atoms with van der Waals surface area (Å²) in [5.41, 5.74) is 1.71. The Labute approximate surface area is 140 Å². The van der Waals surface area contributed by atoms with E-state index in [1.54, 1.807) is 39.7 Å². The lowest BCUT2D eigenvalue weighted by Crippen LogP contribution is -2.34. The largest absolute Gasteiger partial charge is 0.493 e. The van der Waals surface area contributed by atoms with Crippen molar-refractivity contribution in [2.75, 3.05) is 21.3 Å². The average Bonchev–Trinajstić information content (AvgIpc) is 2.64. The molecule has 0 unspecified atom stereocenters. The summed E-state index contributed by atoms with van der Waals surface area (Å²) in [6, 6.07) is 8.85. The Morgan fingerprint density at radius 2 is 1.75 bits per heavy atom. The lowest BCUT2D eigenvalue weighted by molar-refractivity contribution is 0.240. The Balaban J connectivity index is 1.87. The molecule has 0 spiro atoms. The van der Waals surface area contributed by atoms with Crippen molar-refractivity contribution in [2.45, 2.75) is 13.1 Å². The molecule has 0 radical (unpaired) electrons. The number of methoxy groups -OCH3 is 3. The van der Waals surface area contributed by atoms with Crippen LogP contribution in [0.3, 0.4) is 0 Å². The molecule has 0 fully saturated rings. The van der Waals surface area contributed by atoms with E-state index in [-0.39, 0.29) is 6.03 Å². The van der Waals surface area contributed by atoms with Crippen LogP contribution in [0.25, 0.3) is 0 Å². The number of carbonyl (C=O) groups excluding carboxylic acids is 1. The van der Waals surface area contributed by atoms with Gasteiger partial charge in [0, 0.05) is 24.8 Å². The fraction of sp³-hybridized carbons (Fsp3) is 0.294. The van der Waals surface area contributed by atoms with E-state index < -0.39 is 0 Å². The van der Waals surface area contributed by atoms with Crippen molar-refractivity contribution in [1.82, 2.24) is 15.6 Å². The molecule has 0 aliphatic rings. The quantitative estimate of drug-likeness (QED) is 0.812. The highest BCUT2D eigenvalue weighted by molar-refractivity contribution is 5.73. The highest BCUT2D eigenvalue weighted by atomic mass is 16.5. The molecule has 24 heavy (non-hydrogen) atoms. The molecule has 0 aliphatic heterocycles. The van der Waals surface area contributed by atoms with Crippen molar-refractivity contribution in [2.24, 2.45) is 0 Å². The zero-order valence-corrected chi connectivity index (χ0v) is 14.0. The number of rotatable bonds is 7. The second kappa shape index (κ2) is 8.61. The number of ether oxygens (including phenoxy) is 3. The van der Waals surface area contributed by atoms with Crippen LogP contribution < -0.4 is 24.8 Å². The summed E-state index contributed by atoms with van der Waals surface area (Å²) in [7, 11) is 4.70. The molecule has 1 aromatic carbocycles. The molecular weight excluding hydrogens is 310 g/mol. The lowest BCUT2D eigenvalue weighted by Gasteiger charge is -2.11. The van der Waals surface area contributed by atoms with Gasteiger partial charge in [0.1, 0.15) is 0 Å². The SMILES string of the molecule is COc1ccc(CNC(=O)NCc2cccnc2OC)cc1OC. The molecule has 0 saturated heterocycles. The van der Waals surface area contributed by atoms with Gasteiger partial charge < -0.3 is 24.8 Å². The van der Waals surface area contributed by atoms with Gasteiger partial charge >= 0.3 is 6.03 Å². The van der Waals surface area contributed by atoms with Crippen molar-refractivity contribution in [3.05, 3.63) is 47.7 Å². The molecule has 7 heteroatoms. The first-order chi connectivity index (χ1) is 11.7. The maximum Gasteiger partial charge on any atom is 0.315 e. The van der Waals surface area contributed by atoms with Gasteiger partial charge in [-0.05, 0) is 23.8 Å². The van der Waals surface area contributed by atoms with Crippen LogP contribution in [0.15, 0.2) is 36.5 Å². The number of nitrogens with one attached hydrogen (secondary N) is 2. The van der Waals surface area contributed by atoms with Crippen molar-refractivity contribution >= 4 is 6.03 Å². The summed E-state index contributed by atoms with van der Waals surface area (Å²) in [6.07, 6.45) is 1.64. The van der Waals surface area contributed by atoms with E-state index in [4.69, 9.17) is 14.2 Å². The van der Waals surface area contributed by atoms with Gasteiger partial charge in [-0.15, -0.1) is 0 Å². The Hall–Kier alpha value is -2.96. The van der Waals surface area contributed by atoms with Gasteiger partial charge in [0.05, 0.1) is 21.3 Å². The third-order valence-electron chi connectivity index (χ3n) is 3.38. The van der Waals surface area contributed by atoms with Crippen LogP contribution in [-0.4, -0.2) is 32.3 Å². The summed E-state index contributed by atoms with van der Waals surface area (Å²) in [5, 5.41) is 5.56. The van der Waals surface area contributed by atoms with Gasteiger partial charge in [-0.2, -0.15) is 0 Å². The molecule has 0 bridgehead atoms. The first-order valence-electron chi connectivity index (χ1n) is 7.38. The number of benzene rings is 1. The third kappa shape index (κ3) is 4.52. The maximum atomic E-state index is 11.9. The molecule has 1 aromatic heterocycles. The molecule has 7 nitrogen and oxygen atoms in total. The molecule has 2 rings (SSSR count). The summed E-state index contributed by atoms with van der Waals surface area (Å²) >= 11 is 0. The van der Waals surface area contributed by atoms with Crippen LogP contribution in [-0.2, 0) is 13.1 Å². The van der Waals surface area contributed by atoms with Crippen molar-refractivity contribution in [3.8, 4) is 17.4 Å². The normalized spacial score (nSPS) is 9.96. The average molecular weight is 331 g/mol. The van der Waals surface area contributed by atoms with E-state index in [9.17, 15) is 4.79 Å². The van der Waals surface area contributed by atoms with E-state index in [1.165, 1.54) is 0 Å². The van der Waals surface area contributed by atoms with Crippen molar-refractivity contribution in [1.29, 1.82) is 0 Å². The van der Waals surface area contributed by atoms with Crippen LogP contribution in [0.2, 0.25) is 0 Å². The van der Waals surface area contributed by atoms with Gasteiger partial charge in [0.25, 0.3) is 0 Å². The van der Waals surface area contributed by atoms with Crippen LogP contribution >= 0.6 is 0 Å². The minimum atomic E-state index is -0.282. The predicted octanol–water partition coefficient (Wildman–Crippen LogP) is 2.11. The first-order valence-corrected chi connectivity index (χ1v) is 7.38. The van der Waals surface area contributed by atoms with Crippen LogP contribution in [0.4, 0.5) is 4.79 Å². The highest BCUT2D eigenvalue weighted by Crippen LogP contribution is 2.27. The number of amides is 2. The van der Waals surface area contributed by atoms with E-state index in [0.29, 0.717) is 30.5 Å². The summed E-state index contributed by atoms with van der Waals surface area (Å²) < 4.78 is 15.6. The number of carbonyl (C=O) groups is 1. The van der Waals surface area contributed by atoms with Crippen molar-refractivity contribution in [3.63, 3.8) is 0 Å². The van der Waals surface area contributed by atoms with Gasteiger partial charge in [-0.25, -0.2) is 9.78 Å². The van der Waals surface area contributed by atoms with E-state index in [0.717, 1.165) is 11.1 Å². The second-order valence-corrected chi connectivity index (χ2v) is 4.90. The Morgan fingerprint density at radius 1 is 1.00 bits per heavy atom. The number of hydrogen-bond acceptors (Lipinski definition) is 5. The molecule has 128 valence electrons. The Bertz CT molecular complexity index is 691. The maximum absolute atomic E-state index is 11.9. The van der Waals surface area contributed by atoms with Gasteiger partial charge in [-0.1, -0.05) is 12.1 Å². The zero-order valence-electron chi connectivity index (χ0n) is 14.0. The van der Waals surface area contributed by atoms with Crippen molar-refractivity contribution < 1.29 is 19.0 Å². The third-order valence-corrected chi connectivity index (χ3v) is 3.38. The van der Waals surface area contributed by atoms with Gasteiger partial charge in [0.2, 0.25) is 5.88 Å². The highest BCUT2D eigenvalue weighted by Gasteiger charge is 2.07. The molecule has 0 saturated carbocycles. The topological polar surface area (TPSA) is 81.7 Å². The second-order valence-electron chi connectivity index (χ2n) is 4.90. The molecule has 2 amide bonds. The molecule has 0 aliphatic carbocycles. The zero-order chi connectivity index (χ0) is 17.4. The molecule has 0 atom stereocenters. The first kappa shape index (κ1) is 17.4. The Kier molecular flexibility index (Phi) is 6.24.